The average molecular weight is 339 g/mol. The lowest BCUT2D eigenvalue weighted by atomic mass is 10.2. The van der Waals surface area contributed by atoms with Gasteiger partial charge in [-0.2, -0.15) is 0 Å². The van der Waals surface area contributed by atoms with Crippen LogP contribution in [0.5, 0.6) is 5.75 Å². The summed E-state index contributed by atoms with van der Waals surface area (Å²) >= 11 is 0. The largest absolute Gasteiger partial charge is 0.545 e. The monoisotopic (exact) mass is 339 g/mol. The number of hydrazine groups is 1. The van der Waals surface area contributed by atoms with Crippen molar-refractivity contribution in [3.8, 4) is 5.75 Å². The van der Waals surface area contributed by atoms with Gasteiger partial charge >= 0.3 is 0 Å². The molecule has 0 heterocycles. The Bertz CT molecular complexity index is 787. The van der Waals surface area contributed by atoms with Crippen molar-refractivity contribution in [2.75, 3.05) is 0 Å². The number of carbonyl (C=O) groups is 3. The van der Waals surface area contributed by atoms with Crippen LogP contribution in [-0.4, -0.2) is 17.8 Å². The average Bonchev–Trinajstić information content (AvgIpc) is 2.63. The fourth-order valence-corrected chi connectivity index (χ4v) is 1.89. The van der Waals surface area contributed by atoms with E-state index in [4.69, 9.17) is 4.74 Å². The third kappa shape index (κ3) is 5.83. The second-order valence-electron chi connectivity index (χ2n) is 4.87. The number of hydrogen-bond acceptors (Lipinski definition) is 5. The molecule has 0 saturated heterocycles. The zero-order valence-corrected chi connectivity index (χ0v) is 13.1. The van der Waals surface area contributed by atoms with Crippen molar-refractivity contribution in [2.24, 2.45) is 0 Å². The van der Waals surface area contributed by atoms with E-state index in [2.05, 4.69) is 10.9 Å². The summed E-state index contributed by atoms with van der Waals surface area (Å²) in [5, 5.41) is 10.2. The minimum Gasteiger partial charge on any atom is -0.545 e. The third-order valence-electron chi connectivity index (χ3n) is 3.04. The van der Waals surface area contributed by atoms with E-state index in [-0.39, 0.29) is 12.2 Å². The van der Waals surface area contributed by atoms with Crippen LogP contribution in [0.25, 0.3) is 0 Å². The second-order valence-corrected chi connectivity index (χ2v) is 4.87. The molecule has 0 spiro atoms. The molecule has 0 atom stereocenters. The number of benzene rings is 2. The Hall–Kier alpha value is -3.61. The van der Waals surface area contributed by atoms with Gasteiger partial charge in [0, 0.05) is 6.08 Å². The van der Waals surface area contributed by atoms with Crippen LogP contribution in [0.1, 0.15) is 15.9 Å². The molecule has 7 heteroatoms. The maximum absolute atomic E-state index is 12.2. The van der Waals surface area contributed by atoms with Crippen molar-refractivity contribution < 1.29 is 24.2 Å². The Balaban J connectivity index is 1.98. The molecule has 25 heavy (non-hydrogen) atoms. The normalized spacial score (nSPS) is 10.2. The van der Waals surface area contributed by atoms with Gasteiger partial charge in [-0.05, 0) is 23.8 Å². The number of ether oxygens (including phenoxy) is 1. The van der Waals surface area contributed by atoms with Crippen LogP contribution in [-0.2, 0) is 16.2 Å². The van der Waals surface area contributed by atoms with Crippen LogP contribution < -0.4 is 20.7 Å². The lowest BCUT2D eigenvalue weighted by Gasteiger charge is -2.12. The minimum absolute atomic E-state index is 0.225. The molecule has 2 N–H and O–H groups in total. The Morgan fingerprint density at radius 2 is 1.60 bits per heavy atom. The SMILES string of the molecule is O=C([O-])/C=C/C(=O)NNC(=O)c1ccccc1OCc1ccccc1. The van der Waals surface area contributed by atoms with Crippen molar-refractivity contribution in [3.63, 3.8) is 0 Å². The molecule has 2 amide bonds. The van der Waals surface area contributed by atoms with Crippen molar-refractivity contribution in [1.82, 2.24) is 10.9 Å². The quantitative estimate of drug-likeness (QED) is 0.583. The summed E-state index contributed by atoms with van der Waals surface area (Å²) in [5.41, 5.74) is 5.41. The van der Waals surface area contributed by atoms with Crippen LogP contribution >= 0.6 is 0 Å². The summed E-state index contributed by atoms with van der Waals surface area (Å²) < 4.78 is 5.66. The number of rotatable bonds is 6. The molecule has 0 radical (unpaired) electrons. The van der Waals surface area contributed by atoms with Gasteiger partial charge in [-0.1, -0.05) is 42.5 Å². The molecule has 128 valence electrons. The second kappa shape index (κ2) is 8.88. The molecule has 2 aromatic carbocycles. The van der Waals surface area contributed by atoms with Crippen molar-refractivity contribution >= 4 is 17.8 Å². The number of carboxylic acid groups (broad SMARTS) is 1. The highest BCUT2D eigenvalue weighted by atomic mass is 16.5. The molecular weight excluding hydrogens is 324 g/mol. The number of amides is 2. The number of carbonyl (C=O) groups excluding carboxylic acids is 3. The molecule has 0 aliphatic carbocycles. The first-order chi connectivity index (χ1) is 12.1. The van der Waals surface area contributed by atoms with E-state index >= 15 is 0 Å². The van der Waals surface area contributed by atoms with E-state index in [1.54, 1.807) is 24.3 Å². The summed E-state index contributed by atoms with van der Waals surface area (Å²) in [6, 6.07) is 16.0. The first-order valence-electron chi connectivity index (χ1n) is 7.31. The van der Waals surface area contributed by atoms with Gasteiger partial charge in [0.25, 0.3) is 11.8 Å². The van der Waals surface area contributed by atoms with E-state index in [1.807, 2.05) is 30.3 Å². The van der Waals surface area contributed by atoms with E-state index in [9.17, 15) is 19.5 Å². The zero-order valence-electron chi connectivity index (χ0n) is 13.1. The Labute approximate surface area is 143 Å². The molecule has 0 unspecified atom stereocenters. The molecule has 2 rings (SSSR count). The van der Waals surface area contributed by atoms with Crippen LogP contribution in [0.2, 0.25) is 0 Å². The minimum atomic E-state index is -1.51. The summed E-state index contributed by atoms with van der Waals surface area (Å²) in [7, 11) is 0. The van der Waals surface area contributed by atoms with E-state index in [0.717, 1.165) is 11.6 Å². The predicted molar refractivity (Wildman–Crippen MR) is 87.0 cm³/mol. The molecule has 0 saturated carbocycles. The van der Waals surface area contributed by atoms with Gasteiger partial charge in [0.15, 0.2) is 0 Å². The van der Waals surface area contributed by atoms with Gasteiger partial charge in [-0.3, -0.25) is 20.4 Å². The van der Waals surface area contributed by atoms with Crippen molar-refractivity contribution in [3.05, 3.63) is 77.9 Å². The molecule has 2 aromatic rings. The predicted octanol–water partition coefficient (Wildman–Crippen LogP) is 0.333. The van der Waals surface area contributed by atoms with Crippen molar-refractivity contribution in [1.29, 1.82) is 0 Å². The number of hydrogen-bond donors (Lipinski definition) is 2. The van der Waals surface area contributed by atoms with Crippen molar-refractivity contribution in [2.45, 2.75) is 6.61 Å². The maximum atomic E-state index is 12.2. The third-order valence-corrected chi connectivity index (χ3v) is 3.04. The maximum Gasteiger partial charge on any atom is 0.273 e. The highest BCUT2D eigenvalue weighted by Gasteiger charge is 2.12. The number of aliphatic carboxylic acids is 1. The van der Waals surface area contributed by atoms with Gasteiger partial charge in [-0.15, -0.1) is 0 Å². The Kier molecular flexibility index (Phi) is 6.30. The zero-order chi connectivity index (χ0) is 18.1. The van der Waals surface area contributed by atoms with Gasteiger partial charge < -0.3 is 14.6 Å². The van der Waals surface area contributed by atoms with Crippen LogP contribution in [0.15, 0.2) is 66.7 Å². The van der Waals surface area contributed by atoms with Crippen LogP contribution in [0.4, 0.5) is 0 Å². The number of para-hydroxylation sites is 1. The summed E-state index contributed by atoms with van der Waals surface area (Å²) in [6.45, 7) is 0.284. The van der Waals surface area contributed by atoms with Gasteiger partial charge in [-0.25, -0.2) is 0 Å². The highest BCUT2D eigenvalue weighted by molar-refractivity contribution is 5.99. The summed E-state index contributed by atoms with van der Waals surface area (Å²) in [5.74, 6) is -2.57. The summed E-state index contributed by atoms with van der Waals surface area (Å²) in [6.07, 6.45) is 1.28. The number of carboxylic acids is 1. The van der Waals surface area contributed by atoms with Crippen LogP contribution in [0.3, 0.4) is 0 Å². The lowest BCUT2D eigenvalue weighted by molar-refractivity contribution is -0.297. The van der Waals surface area contributed by atoms with Crippen LogP contribution in [0, 0.1) is 0 Å². The van der Waals surface area contributed by atoms with E-state index in [1.165, 1.54) is 0 Å². The Morgan fingerprint density at radius 1 is 0.920 bits per heavy atom. The molecule has 0 aromatic heterocycles. The molecule has 0 fully saturated rings. The van der Waals surface area contributed by atoms with Gasteiger partial charge in [0.1, 0.15) is 12.4 Å². The highest BCUT2D eigenvalue weighted by Crippen LogP contribution is 2.19. The molecule has 7 nitrogen and oxygen atoms in total. The Morgan fingerprint density at radius 3 is 2.32 bits per heavy atom. The first kappa shape index (κ1) is 17.7. The molecular formula is C18H15N2O5-. The number of nitrogens with one attached hydrogen (secondary N) is 2. The fourth-order valence-electron chi connectivity index (χ4n) is 1.89. The van der Waals surface area contributed by atoms with Gasteiger partial charge in [0.05, 0.1) is 11.5 Å². The fraction of sp³-hybridized carbons (Fsp3) is 0.0556. The first-order valence-corrected chi connectivity index (χ1v) is 7.31. The van der Waals surface area contributed by atoms with E-state index in [0.29, 0.717) is 11.8 Å². The summed E-state index contributed by atoms with van der Waals surface area (Å²) in [4.78, 5) is 33.7. The van der Waals surface area contributed by atoms with Gasteiger partial charge in [0.2, 0.25) is 0 Å². The smallest absolute Gasteiger partial charge is 0.273 e. The topological polar surface area (TPSA) is 108 Å². The lowest BCUT2D eigenvalue weighted by Crippen LogP contribution is -2.41. The molecule has 0 aliphatic rings. The molecule has 0 aliphatic heterocycles. The standard InChI is InChI=1S/C18H16N2O5/c21-16(10-11-17(22)23)19-20-18(24)14-8-4-5-9-15(14)25-12-13-6-2-1-3-7-13/h1-11H,12H2,(H,19,21)(H,20,24)(H,22,23)/p-1/b11-10+. The van der Waals surface area contributed by atoms with E-state index < -0.39 is 17.8 Å². The molecule has 0 bridgehead atoms.